The lowest BCUT2D eigenvalue weighted by molar-refractivity contribution is -0.0474. The van der Waals surface area contributed by atoms with Crippen LogP contribution in [0.25, 0.3) is 0 Å². The van der Waals surface area contributed by atoms with Gasteiger partial charge in [0.15, 0.2) is 0 Å². The van der Waals surface area contributed by atoms with Crippen LogP contribution in [-0.4, -0.2) is 24.4 Å². The molecule has 1 saturated carbocycles. The largest absolute Gasteiger partial charge is 0.387 e. The SMILES string of the molecule is COCC(O)(Cc1cccc(F)c1)C1CC1. The fourth-order valence-corrected chi connectivity index (χ4v) is 2.18. The molecular weight excluding hydrogens is 207 g/mol. The Morgan fingerprint density at radius 1 is 1.50 bits per heavy atom. The van der Waals surface area contributed by atoms with Gasteiger partial charge < -0.3 is 9.84 Å². The molecule has 0 aliphatic heterocycles. The number of benzene rings is 1. The van der Waals surface area contributed by atoms with Gasteiger partial charge in [0.25, 0.3) is 0 Å². The molecule has 0 saturated heterocycles. The van der Waals surface area contributed by atoms with E-state index in [0.717, 1.165) is 18.4 Å². The van der Waals surface area contributed by atoms with Gasteiger partial charge in [-0.15, -0.1) is 0 Å². The molecule has 1 unspecified atom stereocenters. The third kappa shape index (κ3) is 2.60. The summed E-state index contributed by atoms with van der Waals surface area (Å²) in [7, 11) is 1.58. The summed E-state index contributed by atoms with van der Waals surface area (Å²) in [6, 6.07) is 6.40. The number of aliphatic hydroxyl groups is 1. The standard InChI is InChI=1S/C13H17FO2/c1-16-9-13(15,11-5-6-11)8-10-3-2-4-12(14)7-10/h2-4,7,11,15H,5-6,8-9H2,1H3. The van der Waals surface area contributed by atoms with Crippen LogP contribution in [0.15, 0.2) is 24.3 Å². The molecule has 0 radical (unpaired) electrons. The molecule has 1 aromatic carbocycles. The van der Waals surface area contributed by atoms with E-state index in [1.54, 1.807) is 13.2 Å². The van der Waals surface area contributed by atoms with Gasteiger partial charge in [-0.2, -0.15) is 0 Å². The molecule has 0 bridgehead atoms. The van der Waals surface area contributed by atoms with Gasteiger partial charge in [0, 0.05) is 13.5 Å². The van der Waals surface area contributed by atoms with Crippen LogP contribution < -0.4 is 0 Å². The minimum Gasteiger partial charge on any atom is -0.387 e. The van der Waals surface area contributed by atoms with Crippen LogP contribution >= 0.6 is 0 Å². The van der Waals surface area contributed by atoms with Crippen LogP contribution in [-0.2, 0) is 11.2 Å². The molecule has 0 aromatic heterocycles. The van der Waals surface area contributed by atoms with Crippen molar-refractivity contribution in [3.8, 4) is 0 Å². The predicted octanol–water partition coefficient (Wildman–Crippen LogP) is 2.16. The minimum absolute atomic E-state index is 0.256. The van der Waals surface area contributed by atoms with Gasteiger partial charge in [-0.3, -0.25) is 0 Å². The lowest BCUT2D eigenvalue weighted by Gasteiger charge is -2.27. The average Bonchev–Trinajstić information content (AvgIpc) is 3.00. The monoisotopic (exact) mass is 224 g/mol. The van der Waals surface area contributed by atoms with Gasteiger partial charge in [-0.05, 0) is 36.5 Å². The summed E-state index contributed by atoms with van der Waals surface area (Å²) in [5.74, 6) is 0.0452. The molecule has 3 heteroatoms. The van der Waals surface area contributed by atoms with Crippen LogP contribution in [0.1, 0.15) is 18.4 Å². The molecule has 0 amide bonds. The average molecular weight is 224 g/mol. The normalized spacial score (nSPS) is 19.4. The van der Waals surface area contributed by atoms with E-state index in [9.17, 15) is 9.50 Å². The lowest BCUT2D eigenvalue weighted by Crippen LogP contribution is -2.39. The quantitative estimate of drug-likeness (QED) is 0.830. The summed E-state index contributed by atoms with van der Waals surface area (Å²) in [6.07, 6.45) is 2.54. The van der Waals surface area contributed by atoms with Crippen LogP contribution in [0.4, 0.5) is 4.39 Å². The zero-order valence-corrected chi connectivity index (χ0v) is 9.45. The molecular formula is C13H17FO2. The molecule has 1 aromatic rings. The second-order valence-electron chi connectivity index (χ2n) is 4.62. The lowest BCUT2D eigenvalue weighted by atomic mass is 9.90. The topological polar surface area (TPSA) is 29.5 Å². The first kappa shape index (κ1) is 11.6. The zero-order chi connectivity index (χ0) is 11.6. The Balaban J connectivity index is 2.10. The third-order valence-electron chi connectivity index (χ3n) is 3.13. The van der Waals surface area contributed by atoms with Crippen molar-refractivity contribution in [3.63, 3.8) is 0 Å². The smallest absolute Gasteiger partial charge is 0.123 e. The molecule has 88 valence electrons. The van der Waals surface area contributed by atoms with Crippen LogP contribution in [0.5, 0.6) is 0 Å². The first-order chi connectivity index (χ1) is 7.64. The van der Waals surface area contributed by atoms with E-state index in [2.05, 4.69) is 0 Å². The summed E-state index contributed by atoms with van der Waals surface area (Å²) in [5.41, 5.74) is -0.00539. The van der Waals surface area contributed by atoms with E-state index in [-0.39, 0.29) is 5.82 Å². The maximum Gasteiger partial charge on any atom is 0.123 e. The number of ether oxygens (including phenoxy) is 1. The summed E-state index contributed by atoms with van der Waals surface area (Å²) < 4.78 is 18.1. The Bertz CT molecular complexity index is 363. The summed E-state index contributed by atoms with van der Waals surface area (Å²) >= 11 is 0. The highest BCUT2D eigenvalue weighted by Gasteiger charge is 2.43. The second-order valence-corrected chi connectivity index (χ2v) is 4.62. The zero-order valence-electron chi connectivity index (χ0n) is 9.45. The summed E-state index contributed by atoms with van der Waals surface area (Å²) in [5, 5.41) is 10.4. The van der Waals surface area contributed by atoms with Crippen molar-refractivity contribution in [2.75, 3.05) is 13.7 Å². The highest BCUT2D eigenvalue weighted by molar-refractivity contribution is 5.19. The van der Waals surface area contributed by atoms with Crippen molar-refractivity contribution in [2.45, 2.75) is 24.9 Å². The van der Waals surface area contributed by atoms with E-state index in [4.69, 9.17) is 4.74 Å². The molecule has 16 heavy (non-hydrogen) atoms. The maximum absolute atomic E-state index is 13.0. The fourth-order valence-electron chi connectivity index (χ4n) is 2.18. The van der Waals surface area contributed by atoms with Crippen molar-refractivity contribution in [1.29, 1.82) is 0 Å². The molecule has 1 aliphatic carbocycles. The molecule has 1 N–H and O–H groups in total. The highest BCUT2D eigenvalue weighted by atomic mass is 19.1. The second kappa shape index (κ2) is 4.52. The Kier molecular flexibility index (Phi) is 3.26. The summed E-state index contributed by atoms with van der Waals surface area (Å²) in [4.78, 5) is 0. The van der Waals surface area contributed by atoms with E-state index >= 15 is 0 Å². The first-order valence-corrected chi connectivity index (χ1v) is 5.60. The first-order valence-electron chi connectivity index (χ1n) is 5.60. The van der Waals surface area contributed by atoms with Gasteiger partial charge in [-0.1, -0.05) is 12.1 Å². The fraction of sp³-hybridized carbons (Fsp3) is 0.538. The number of hydrogen-bond acceptors (Lipinski definition) is 2. The Morgan fingerprint density at radius 2 is 2.25 bits per heavy atom. The van der Waals surface area contributed by atoms with Crippen molar-refractivity contribution in [1.82, 2.24) is 0 Å². The van der Waals surface area contributed by atoms with Gasteiger partial charge in [0.2, 0.25) is 0 Å². The predicted molar refractivity (Wildman–Crippen MR) is 59.7 cm³/mol. The van der Waals surface area contributed by atoms with E-state index < -0.39 is 5.60 Å². The number of hydrogen-bond donors (Lipinski definition) is 1. The van der Waals surface area contributed by atoms with Crippen LogP contribution in [0.2, 0.25) is 0 Å². The molecule has 1 aliphatic rings. The van der Waals surface area contributed by atoms with Crippen molar-refractivity contribution < 1.29 is 14.2 Å². The van der Waals surface area contributed by atoms with E-state index in [0.29, 0.717) is 18.9 Å². The molecule has 0 heterocycles. The van der Waals surface area contributed by atoms with Crippen molar-refractivity contribution in [3.05, 3.63) is 35.6 Å². The van der Waals surface area contributed by atoms with E-state index in [1.165, 1.54) is 12.1 Å². The Hall–Kier alpha value is -0.930. The molecule has 0 spiro atoms. The van der Waals surface area contributed by atoms with Crippen molar-refractivity contribution in [2.24, 2.45) is 5.92 Å². The molecule has 1 atom stereocenters. The Morgan fingerprint density at radius 3 is 2.81 bits per heavy atom. The Labute approximate surface area is 95.1 Å². The van der Waals surface area contributed by atoms with Gasteiger partial charge in [0.05, 0.1) is 12.2 Å². The number of rotatable bonds is 5. The third-order valence-corrected chi connectivity index (χ3v) is 3.13. The highest BCUT2D eigenvalue weighted by Crippen LogP contribution is 2.41. The van der Waals surface area contributed by atoms with E-state index in [1.807, 2.05) is 6.07 Å². The van der Waals surface area contributed by atoms with Crippen LogP contribution in [0, 0.1) is 11.7 Å². The van der Waals surface area contributed by atoms with Crippen molar-refractivity contribution >= 4 is 0 Å². The maximum atomic E-state index is 13.0. The molecule has 2 rings (SSSR count). The minimum atomic E-state index is -0.831. The summed E-state index contributed by atoms with van der Waals surface area (Å²) in [6.45, 7) is 0.314. The molecule has 2 nitrogen and oxygen atoms in total. The van der Waals surface area contributed by atoms with Crippen LogP contribution in [0.3, 0.4) is 0 Å². The van der Waals surface area contributed by atoms with Gasteiger partial charge >= 0.3 is 0 Å². The van der Waals surface area contributed by atoms with Gasteiger partial charge in [0.1, 0.15) is 5.82 Å². The molecule has 1 fully saturated rings. The van der Waals surface area contributed by atoms with Gasteiger partial charge in [-0.25, -0.2) is 4.39 Å². The number of methoxy groups -OCH3 is 1. The number of halogens is 1.